The van der Waals surface area contributed by atoms with Crippen molar-refractivity contribution in [3.63, 3.8) is 0 Å². The Kier molecular flexibility index (Phi) is 12.6. The Morgan fingerprint density at radius 2 is 1.54 bits per heavy atom. The number of hydrogen-bond acceptors (Lipinski definition) is 8. The van der Waals surface area contributed by atoms with Gasteiger partial charge in [-0.2, -0.15) is 0 Å². The van der Waals surface area contributed by atoms with Gasteiger partial charge in [-0.05, 0) is 78.8 Å². The summed E-state index contributed by atoms with van der Waals surface area (Å²) < 4.78 is 13.1. The van der Waals surface area contributed by atoms with Gasteiger partial charge in [-0.1, -0.05) is 72.3 Å². The molecule has 2 aliphatic rings. The van der Waals surface area contributed by atoms with Gasteiger partial charge in [0.25, 0.3) is 0 Å². The normalized spacial score (nSPS) is 20.2. The minimum Gasteiger partial charge on any atom is -0.397 e. The van der Waals surface area contributed by atoms with Gasteiger partial charge < -0.3 is 41.0 Å². The van der Waals surface area contributed by atoms with Crippen LogP contribution in [0.3, 0.4) is 0 Å². The van der Waals surface area contributed by atoms with Crippen LogP contribution in [0.1, 0.15) is 79.6 Å². The first-order chi connectivity index (χ1) is 25.2. The minimum absolute atomic E-state index is 0.0326. The van der Waals surface area contributed by atoms with Crippen LogP contribution in [0.15, 0.2) is 97.1 Å². The number of hydrogen-bond donors (Lipinski definition) is 5. The summed E-state index contributed by atoms with van der Waals surface area (Å²) in [5, 5.41) is 27.4. The average molecular weight is 727 g/mol. The second-order valence-electron chi connectivity index (χ2n) is 13.7. The van der Waals surface area contributed by atoms with Crippen molar-refractivity contribution in [2.24, 2.45) is 0 Å². The fourth-order valence-electron chi connectivity index (χ4n) is 6.86. The van der Waals surface area contributed by atoms with Crippen molar-refractivity contribution >= 4 is 40.5 Å². The fourth-order valence-corrected chi connectivity index (χ4v) is 6.98. The number of nitrogens with one attached hydrogen (secondary N) is 2. The van der Waals surface area contributed by atoms with Crippen molar-refractivity contribution in [2.75, 3.05) is 36.0 Å². The van der Waals surface area contributed by atoms with Gasteiger partial charge in [0.2, 0.25) is 11.8 Å². The molecule has 2 fully saturated rings. The van der Waals surface area contributed by atoms with Crippen LogP contribution in [0.2, 0.25) is 5.02 Å². The van der Waals surface area contributed by atoms with Crippen LogP contribution in [0.5, 0.6) is 0 Å². The number of para-hydroxylation sites is 2. The summed E-state index contributed by atoms with van der Waals surface area (Å²) in [4.78, 5) is 27.5. The van der Waals surface area contributed by atoms with E-state index in [2.05, 4.69) is 15.5 Å². The van der Waals surface area contributed by atoms with Gasteiger partial charge in [0, 0.05) is 55.2 Å². The summed E-state index contributed by atoms with van der Waals surface area (Å²) in [5.74, 6) is -0.280. The SMILES string of the molecule is Nc1ccccc1NC(=O)CCCCC(=O)Nc1cccc([C@H]2O[C@@H](CN3CCC(O)(c4ccc(Cl)cc4)CC3)C[C@@H](c3ccc(CO)cc3)O2)c1. The second-order valence-corrected chi connectivity index (χ2v) is 14.1. The molecule has 2 heterocycles. The zero-order chi connectivity index (χ0) is 36.5. The summed E-state index contributed by atoms with van der Waals surface area (Å²) in [6, 6.07) is 29.8. The Balaban J connectivity index is 1.05. The predicted octanol–water partition coefficient (Wildman–Crippen LogP) is 7.08. The van der Waals surface area contributed by atoms with E-state index in [1.54, 1.807) is 12.1 Å². The molecule has 0 unspecified atom stereocenters. The van der Waals surface area contributed by atoms with Crippen LogP contribution < -0.4 is 16.4 Å². The van der Waals surface area contributed by atoms with Crippen LogP contribution in [0.4, 0.5) is 17.1 Å². The topological polar surface area (TPSA) is 146 Å². The van der Waals surface area contributed by atoms with Crippen molar-refractivity contribution in [1.29, 1.82) is 0 Å². The highest BCUT2D eigenvalue weighted by Crippen LogP contribution is 2.40. The fraction of sp³-hybridized carbons (Fsp3) is 0.366. The van der Waals surface area contributed by atoms with Gasteiger partial charge in [-0.25, -0.2) is 0 Å². The number of carbonyl (C=O) groups excluding carboxylic acids is 2. The van der Waals surface area contributed by atoms with Crippen LogP contribution >= 0.6 is 11.6 Å². The second kappa shape index (κ2) is 17.5. The molecule has 6 N–H and O–H groups in total. The van der Waals surface area contributed by atoms with E-state index in [-0.39, 0.29) is 37.0 Å². The number of carbonyl (C=O) groups is 2. The Morgan fingerprint density at radius 1 is 0.846 bits per heavy atom. The molecule has 52 heavy (non-hydrogen) atoms. The van der Waals surface area contributed by atoms with E-state index in [4.69, 9.17) is 26.8 Å². The zero-order valence-corrected chi connectivity index (χ0v) is 29.9. The number of nitrogen functional groups attached to an aromatic ring is 1. The van der Waals surface area contributed by atoms with Gasteiger partial charge >= 0.3 is 0 Å². The highest BCUT2D eigenvalue weighted by Gasteiger charge is 2.37. The predicted molar refractivity (Wildman–Crippen MR) is 202 cm³/mol. The molecular weight excluding hydrogens is 680 g/mol. The number of aliphatic hydroxyl groups excluding tert-OH is 1. The number of benzene rings is 4. The molecule has 11 heteroatoms. The summed E-state index contributed by atoms with van der Waals surface area (Å²) in [7, 11) is 0. The van der Waals surface area contributed by atoms with Gasteiger partial charge in [0.1, 0.15) is 0 Å². The monoisotopic (exact) mass is 726 g/mol. The van der Waals surface area contributed by atoms with E-state index < -0.39 is 11.9 Å². The molecule has 4 aromatic carbocycles. The van der Waals surface area contributed by atoms with Gasteiger partial charge in [-0.15, -0.1) is 0 Å². The maximum Gasteiger partial charge on any atom is 0.224 e. The largest absolute Gasteiger partial charge is 0.397 e. The maximum absolute atomic E-state index is 12.9. The smallest absolute Gasteiger partial charge is 0.224 e. The number of amides is 2. The van der Waals surface area contributed by atoms with Crippen LogP contribution in [0, 0.1) is 0 Å². The Bertz CT molecular complexity index is 1800. The van der Waals surface area contributed by atoms with E-state index in [0.29, 0.717) is 80.2 Å². The van der Waals surface area contributed by atoms with Crippen molar-refractivity contribution in [3.8, 4) is 0 Å². The third kappa shape index (κ3) is 9.97. The first kappa shape index (κ1) is 37.5. The van der Waals surface area contributed by atoms with Crippen molar-refractivity contribution < 1.29 is 29.3 Å². The van der Waals surface area contributed by atoms with E-state index in [9.17, 15) is 19.8 Å². The van der Waals surface area contributed by atoms with Gasteiger partial charge in [0.15, 0.2) is 6.29 Å². The average Bonchev–Trinajstić information content (AvgIpc) is 3.15. The Morgan fingerprint density at radius 3 is 2.23 bits per heavy atom. The number of halogens is 1. The lowest BCUT2D eigenvalue weighted by molar-refractivity contribution is -0.253. The standard InChI is InChI=1S/C41H47ClN4O6/c42-32-18-16-31(17-19-32)41(50)20-22-46(23-21-41)26-34-25-37(29-14-12-28(27-47)13-15-29)52-40(51-34)30-6-5-7-33(24-30)44-38(48)10-3-4-11-39(49)45-36-9-2-1-8-35(36)43/h1-2,5-9,12-19,24,34,37,40,47,50H,3-4,10-11,20-23,25-27,43H2,(H,44,48)(H,45,49)/t34-,37+,40+/m1/s1. The number of rotatable bonds is 13. The van der Waals surface area contributed by atoms with Crippen molar-refractivity contribution in [3.05, 3.63) is 124 Å². The molecule has 10 nitrogen and oxygen atoms in total. The number of nitrogens with zero attached hydrogens (tertiary/aromatic N) is 1. The summed E-state index contributed by atoms with van der Waals surface area (Å²) in [5.41, 5.74) is 10.2. The zero-order valence-electron chi connectivity index (χ0n) is 29.2. The maximum atomic E-state index is 12.9. The number of piperidine rings is 1. The third-order valence-corrected chi connectivity index (χ3v) is 10.1. The van der Waals surface area contributed by atoms with E-state index in [1.807, 2.05) is 84.9 Å². The lowest BCUT2D eigenvalue weighted by atomic mass is 9.84. The van der Waals surface area contributed by atoms with Gasteiger partial charge in [-0.3, -0.25) is 9.59 Å². The third-order valence-electron chi connectivity index (χ3n) is 9.88. The minimum atomic E-state index is -0.895. The van der Waals surface area contributed by atoms with E-state index >= 15 is 0 Å². The number of ether oxygens (including phenoxy) is 2. The molecule has 0 saturated carbocycles. The number of aliphatic hydroxyl groups is 2. The highest BCUT2D eigenvalue weighted by molar-refractivity contribution is 6.30. The summed E-state index contributed by atoms with van der Waals surface area (Å²) >= 11 is 6.08. The van der Waals surface area contributed by atoms with Crippen LogP contribution in [-0.2, 0) is 31.3 Å². The molecule has 0 radical (unpaired) electrons. The molecule has 6 rings (SSSR count). The molecule has 0 aliphatic carbocycles. The molecule has 0 aromatic heterocycles. The van der Waals surface area contributed by atoms with Crippen molar-refractivity contribution in [2.45, 2.75) is 75.7 Å². The molecule has 4 aromatic rings. The molecule has 2 amide bonds. The molecule has 2 aliphatic heterocycles. The van der Waals surface area contributed by atoms with Gasteiger partial charge in [0.05, 0.1) is 35.8 Å². The Hall–Kier alpha value is -4.29. The first-order valence-corrected chi connectivity index (χ1v) is 18.3. The molecular formula is C41H47ClN4O6. The molecule has 0 bridgehead atoms. The number of anilines is 3. The summed E-state index contributed by atoms with van der Waals surface area (Å²) in [6.07, 6.45) is 2.46. The van der Waals surface area contributed by atoms with Crippen molar-refractivity contribution in [1.82, 2.24) is 4.90 Å². The van der Waals surface area contributed by atoms with E-state index in [0.717, 1.165) is 22.3 Å². The molecule has 0 spiro atoms. The lowest BCUT2D eigenvalue weighted by Gasteiger charge is -2.42. The summed E-state index contributed by atoms with van der Waals surface area (Å²) in [6.45, 7) is 2.08. The molecule has 2 saturated heterocycles. The quantitative estimate of drug-likeness (QED) is 0.0726. The van der Waals surface area contributed by atoms with Crippen LogP contribution in [-0.4, -0.2) is 52.7 Å². The molecule has 3 atom stereocenters. The molecule has 274 valence electrons. The number of nitrogens with two attached hydrogens (primary N) is 1. The lowest BCUT2D eigenvalue weighted by Crippen LogP contribution is -2.46. The van der Waals surface area contributed by atoms with Crippen LogP contribution in [0.25, 0.3) is 0 Å². The number of likely N-dealkylation sites (tertiary alicyclic amines) is 1. The Labute approximate surface area is 309 Å². The highest BCUT2D eigenvalue weighted by atomic mass is 35.5. The van der Waals surface area contributed by atoms with E-state index in [1.165, 1.54) is 0 Å². The number of unbranched alkanes of at least 4 members (excludes halogenated alkanes) is 1. The first-order valence-electron chi connectivity index (χ1n) is 17.9.